The van der Waals surface area contributed by atoms with E-state index in [1.807, 2.05) is 24.3 Å². The average molecular weight is 378 g/mol. The minimum absolute atomic E-state index is 0.144. The second-order valence-corrected chi connectivity index (χ2v) is 7.07. The number of fused-ring (bicyclic) bond motifs is 5. The summed E-state index contributed by atoms with van der Waals surface area (Å²) in [6.45, 7) is 1.32. The lowest BCUT2D eigenvalue weighted by atomic mass is 9.89. The molecule has 0 amide bonds. The fourth-order valence-electron chi connectivity index (χ4n) is 4.20. The Labute approximate surface area is 160 Å². The molecule has 5 heteroatoms. The van der Waals surface area contributed by atoms with Crippen molar-refractivity contribution in [1.82, 2.24) is 10.3 Å². The Morgan fingerprint density at radius 3 is 2.50 bits per heavy atom. The molecule has 0 unspecified atom stereocenters. The van der Waals surface area contributed by atoms with Crippen LogP contribution in [-0.4, -0.2) is 11.5 Å². The summed E-state index contributed by atoms with van der Waals surface area (Å²) < 4.78 is 40.9. The highest BCUT2D eigenvalue weighted by atomic mass is 19.4. The molecule has 1 aromatic heterocycles. The minimum Gasteiger partial charge on any atom is -0.312 e. The van der Waals surface area contributed by atoms with Crippen molar-refractivity contribution < 1.29 is 13.2 Å². The molecule has 0 radical (unpaired) electrons. The zero-order chi connectivity index (χ0) is 19.3. The third-order valence-electron chi connectivity index (χ3n) is 5.43. The molecule has 0 bridgehead atoms. The Bertz CT molecular complexity index is 1210. The normalized spacial score (nSPS) is 14.4. The molecule has 1 aliphatic heterocycles. The number of aromatic nitrogens is 1. The third kappa shape index (κ3) is 2.66. The van der Waals surface area contributed by atoms with Crippen LogP contribution in [0.15, 0.2) is 60.7 Å². The number of nitrogens with one attached hydrogen (secondary N) is 1. The number of halogens is 3. The summed E-state index contributed by atoms with van der Waals surface area (Å²) in [7, 11) is 0. The van der Waals surface area contributed by atoms with Crippen LogP contribution in [0.1, 0.15) is 16.7 Å². The molecular formula is C23H17F3N2. The average Bonchev–Trinajstić information content (AvgIpc) is 2.72. The monoisotopic (exact) mass is 378 g/mol. The lowest BCUT2D eigenvalue weighted by molar-refractivity contribution is -0.137. The molecule has 0 fully saturated rings. The fourth-order valence-corrected chi connectivity index (χ4v) is 4.20. The highest BCUT2D eigenvalue weighted by Gasteiger charge is 2.34. The van der Waals surface area contributed by atoms with E-state index in [-0.39, 0.29) is 5.56 Å². The van der Waals surface area contributed by atoms with Crippen molar-refractivity contribution in [3.8, 4) is 11.3 Å². The molecule has 5 rings (SSSR count). The van der Waals surface area contributed by atoms with Crippen molar-refractivity contribution in [2.75, 3.05) is 6.54 Å². The van der Waals surface area contributed by atoms with E-state index in [1.165, 1.54) is 12.1 Å². The molecule has 0 atom stereocenters. The van der Waals surface area contributed by atoms with Gasteiger partial charge in [0.15, 0.2) is 0 Å². The van der Waals surface area contributed by atoms with Crippen molar-refractivity contribution >= 4 is 21.7 Å². The van der Waals surface area contributed by atoms with E-state index < -0.39 is 11.7 Å². The smallest absolute Gasteiger partial charge is 0.312 e. The summed E-state index contributed by atoms with van der Waals surface area (Å²) in [5, 5.41) is 6.57. The largest absolute Gasteiger partial charge is 0.417 e. The van der Waals surface area contributed by atoms with Crippen molar-refractivity contribution in [2.45, 2.75) is 19.1 Å². The van der Waals surface area contributed by atoms with Gasteiger partial charge in [-0.3, -0.25) is 0 Å². The maximum atomic E-state index is 13.6. The summed E-state index contributed by atoms with van der Waals surface area (Å²) in [6.07, 6.45) is -3.66. The quantitative estimate of drug-likeness (QED) is 0.429. The maximum absolute atomic E-state index is 13.6. The van der Waals surface area contributed by atoms with Crippen LogP contribution < -0.4 is 5.32 Å². The molecule has 0 aliphatic carbocycles. The first-order valence-corrected chi connectivity index (χ1v) is 9.24. The number of hydrogen-bond acceptors (Lipinski definition) is 2. The van der Waals surface area contributed by atoms with Gasteiger partial charge in [-0.2, -0.15) is 13.2 Å². The van der Waals surface area contributed by atoms with Gasteiger partial charge in [0.2, 0.25) is 0 Å². The van der Waals surface area contributed by atoms with Crippen molar-refractivity contribution in [2.24, 2.45) is 0 Å². The van der Waals surface area contributed by atoms with Gasteiger partial charge in [0.05, 0.1) is 16.8 Å². The lowest BCUT2D eigenvalue weighted by Gasteiger charge is -2.24. The van der Waals surface area contributed by atoms with Gasteiger partial charge in [0, 0.05) is 17.5 Å². The molecule has 28 heavy (non-hydrogen) atoms. The highest BCUT2D eigenvalue weighted by Crippen LogP contribution is 2.41. The predicted octanol–water partition coefficient (Wildman–Crippen LogP) is 5.72. The van der Waals surface area contributed by atoms with Gasteiger partial charge < -0.3 is 5.32 Å². The maximum Gasteiger partial charge on any atom is 0.417 e. The molecule has 1 N–H and O–H groups in total. The Morgan fingerprint density at radius 2 is 1.64 bits per heavy atom. The van der Waals surface area contributed by atoms with E-state index in [4.69, 9.17) is 4.98 Å². The van der Waals surface area contributed by atoms with E-state index in [0.29, 0.717) is 12.2 Å². The molecule has 0 saturated heterocycles. The molecule has 4 aromatic rings. The Morgan fingerprint density at radius 1 is 0.857 bits per heavy atom. The van der Waals surface area contributed by atoms with Crippen LogP contribution in [0.2, 0.25) is 0 Å². The summed E-state index contributed by atoms with van der Waals surface area (Å²) >= 11 is 0. The topological polar surface area (TPSA) is 24.9 Å². The van der Waals surface area contributed by atoms with Gasteiger partial charge in [0.25, 0.3) is 0 Å². The van der Waals surface area contributed by atoms with E-state index in [2.05, 4.69) is 17.4 Å². The Balaban J connectivity index is 1.89. The summed E-state index contributed by atoms with van der Waals surface area (Å²) in [5.74, 6) is 0. The number of benzene rings is 3. The number of nitrogens with zero attached hydrogens (tertiary/aromatic N) is 1. The van der Waals surface area contributed by atoms with E-state index in [1.54, 1.807) is 6.07 Å². The first kappa shape index (κ1) is 17.2. The standard InChI is InChI=1S/C23H17F3N2/c24-23(25,26)19-8-4-3-7-17(19)22-18-13-27-12-11-16(18)21-15-6-2-1-5-14(15)9-10-20(21)28-22/h1-10,27H,11-13H2. The molecular weight excluding hydrogens is 361 g/mol. The van der Waals surface area contributed by atoms with Crippen LogP contribution in [-0.2, 0) is 19.1 Å². The van der Waals surface area contributed by atoms with E-state index in [9.17, 15) is 13.2 Å². The van der Waals surface area contributed by atoms with E-state index >= 15 is 0 Å². The fraction of sp³-hybridized carbons (Fsp3) is 0.174. The molecule has 0 spiro atoms. The second-order valence-electron chi connectivity index (χ2n) is 7.07. The van der Waals surface area contributed by atoms with Gasteiger partial charge in [-0.05, 0) is 47.0 Å². The zero-order valence-corrected chi connectivity index (χ0v) is 15.0. The van der Waals surface area contributed by atoms with Gasteiger partial charge in [0.1, 0.15) is 0 Å². The first-order chi connectivity index (χ1) is 13.5. The van der Waals surface area contributed by atoms with Crippen LogP contribution in [0, 0.1) is 0 Å². The lowest BCUT2D eigenvalue weighted by Crippen LogP contribution is -2.25. The van der Waals surface area contributed by atoms with Crippen LogP contribution in [0.4, 0.5) is 13.2 Å². The van der Waals surface area contributed by atoms with Crippen molar-refractivity contribution in [3.05, 3.63) is 77.4 Å². The van der Waals surface area contributed by atoms with Crippen molar-refractivity contribution in [3.63, 3.8) is 0 Å². The van der Waals surface area contributed by atoms with Gasteiger partial charge >= 0.3 is 6.18 Å². The third-order valence-corrected chi connectivity index (χ3v) is 5.43. The molecule has 140 valence electrons. The number of alkyl halides is 3. The Kier molecular flexibility index (Phi) is 3.88. The molecule has 0 saturated carbocycles. The van der Waals surface area contributed by atoms with Crippen LogP contribution in [0.5, 0.6) is 0 Å². The molecule has 2 heterocycles. The van der Waals surface area contributed by atoms with Crippen molar-refractivity contribution in [1.29, 1.82) is 0 Å². The summed E-state index contributed by atoms with van der Waals surface area (Å²) in [5.41, 5.74) is 2.64. The summed E-state index contributed by atoms with van der Waals surface area (Å²) in [4.78, 5) is 4.74. The predicted molar refractivity (Wildman–Crippen MR) is 105 cm³/mol. The highest BCUT2D eigenvalue weighted by molar-refractivity contribution is 6.09. The summed E-state index contributed by atoms with van der Waals surface area (Å²) in [6, 6.07) is 17.7. The van der Waals surface area contributed by atoms with Crippen LogP contribution >= 0.6 is 0 Å². The first-order valence-electron chi connectivity index (χ1n) is 9.24. The van der Waals surface area contributed by atoms with Crippen LogP contribution in [0.3, 0.4) is 0 Å². The minimum atomic E-state index is -4.43. The molecule has 1 aliphatic rings. The molecule has 2 nitrogen and oxygen atoms in total. The van der Waals surface area contributed by atoms with Crippen LogP contribution in [0.25, 0.3) is 32.9 Å². The Hall–Kier alpha value is -2.92. The number of pyridine rings is 1. The van der Waals surface area contributed by atoms with Gasteiger partial charge in [-0.15, -0.1) is 0 Å². The van der Waals surface area contributed by atoms with E-state index in [0.717, 1.165) is 51.8 Å². The van der Waals surface area contributed by atoms with Gasteiger partial charge in [-0.25, -0.2) is 4.98 Å². The number of rotatable bonds is 1. The molecule has 3 aromatic carbocycles. The zero-order valence-electron chi connectivity index (χ0n) is 15.0. The SMILES string of the molecule is FC(F)(F)c1ccccc1-c1nc2ccc3ccccc3c2c2c1CNCC2. The second kappa shape index (κ2) is 6.31. The van der Waals surface area contributed by atoms with Gasteiger partial charge in [-0.1, -0.05) is 48.5 Å². The number of hydrogen-bond donors (Lipinski definition) is 1.